The van der Waals surface area contributed by atoms with E-state index in [2.05, 4.69) is 31.3 Å². The van der Waals surface area contributed by atoms with E-state index in [1.165, 1.54) is 186 Å². The number of esters is 1. The lowest BCUT2D eigenvalue weighted by atomic mass is 10.0. The molecule has 0 aliphatic carbocycles. The minimum absolute atomic E-state index is 0.0349. The summed E-state index contributed by atoms with van der Waals surface area (Å²) in [6.45, 7) is 4.88. The van der Waals surface area contributed by atoms with Crippen molar-refractivity contribution in [3.8, 4) is 0 Å². The summed E-state index contributed by atoms with van der Waals surface area (Å²) in [5, 5.41) is 23.3. The largest absolute Gasteiger partial charge is 0.466 e. The molecule has 0 fully saturated rings. The van der Waals surface area contributed by atoms with Crippen LogP contribution in [0.5, 0.6) is 0 Å². The van der Waals surface area contributed by atoms with E-state index in [4.69, 9.17) is 4.74 Å². The van der Waals surface area contributed by atoms with Gasteiger partial charge in [0.2, 0.25) is 5.91 Å². The Morgan fingerprint density at radius 1 is 0.450 bits per heavy atom. The summed E-state index contributed by atoms with van der Waals surface area (Å²) in [4.78, 5) is 24.5. The van der Waals surface area contributed by atoms with Crippen molar-refractivity contribution in [3.63, 3.8) is 0 Å². The molecule has 0 aliphatic rings. The second-order valence-corrected chi connectivity index (χ2v) is 18.6. The van der Waals surface area contributed by atoms with E-state index >= 15 is 0 Å². The van der Waals surface area contributed by atoms with Gasteiger partial charge in [-0.25, -0.2) is 0 Å². The lowest BCUT2D eigenvalue weighted by Crippen LogP contribution is -2.45. The normalized spacial score (nSPS) is 12.7. The summed E-state index contributed by atoms with van der Waals surface area (Å²) in [7, 11) is 0. The molecule has 0 radical (unpaired) electrons. The highest BCUT2D eigenvalue weighted by atomic mass is 16.5. The molecule has 6 heteroatoms. The lowest BCUT2D eigenvalue weighted by Gasteiger charge is -2.22. The van der Waals surface area contributed by atoms with Gasteiger partial charge in [0.15, 0.2) is 0 Å². The van der Waals surface area contributed by atoms with E-state index < -0.39 is 12.1 Å². The lowest BCUT2D eigenvalue weighted by molar-refractivity contribution is -0.143. The van der Waals surface area contributed by atoms with Crippen LogP contribution in [0.4, 0.5) is 0 Å². The first-order valence-corrected chi connectivity index (χ1v) is 26.9. The molecule has 2 unspecified atom stereocenters. The molecule has 0 saturated carbocycles. The van der Waals surface area contributed by atoms with Crippen molar-refractivity contribution < 1.29 is 24.5 Å². The highest BCUT2D eigenvalue weighted by Crippen LogP contribution is 2.17. The van der Waals surface area contributed by atoms with E-state index in [0.29, 0.717) is 25.9 Å². The van der Waals surface area contributed by atoms with Crippen LogP contribution in [-0.2, 0) is 14.3 Å². The standard InChI is InChI=1S/C54H105NO5/c1-3-5-7-9-11-13-15-17-18-19-20-21-22-23-24-25-26-30-34-38-42-46-52(57)51(50-56)55-53(58)47-43-39-35-31-28-29-33-37-41-45-49-60-54(59)48-44-40-36-32-27-16-14-12-10-8-6-4-2/h29,33,51-52,56-57H,3-28,30-32,34-50H2,1-2H3,(H,55,58)/b33-29-. The molecule has 0 aromatic rings. The molecular weight excluding hydrogens is 743 g/mol. The molecule has 1 amide bonds. The summed E-state index contributed by atoms with van der Waals surface area (Å²) in [5.41, 5.74) is 0. The molecule has 2 atom stereocenters. The van der Waals surface area contributed by atoms with Crippen molar-refractivity contribution in [1.29, 1.82) is 0 Å². The van der Waals surface area contributed by atoms with Crippen molar-refractivity contribution in [2.24, 2.45) is 0 Å². The highest BCUT2D eigenvalue weighted by molar-refractivity contribution is 5.76. The molecule has 0 rings (SSSR count). The Balaban J connectivity index is 3.51. The number of carbonyl (C=O) groups excluding carboxylic acids is 2. The Hall–Kier alpha value is -1.40. The van der Waals surface area contributed by atoms with E-state index in [-0.39, 0.29) is 18.5 Å². The Labute approximate surface area is 374 Å². The van der Waals surface area contributed by atoms with Crippen LogP contribution in [0.25, 0.3) is 0 Å². The number of hydrogen-bond donors (Lipinski definition) is 3. The second kappa shape index (κ2) is 50.2. The molecule has 0 bridgehead atoms. The van der Waals surface area contributed by atoms with Gasteiger partial charge in [-0.2, -0.15) is 0 Å². The molecule has 0 spiro atoms. The predicted molar refractivity (Wildman–Crippen MR) is 260 cm³/mol. The first-order chi connectivity index (χ1) is 29.5. The van der Waals surface area contributed by atoms with Crippen molar-refractivity contribution in [3.05, 3.63) is 12.2 Å². The number of rotatable bonds is 50. The molecule has 0 heterocycles. The van der Waals surface area contributed by atoms with Crippen molar-refractivity contribution in [2.45, 2.75) is 309 Å². The SMILES string of the molecule is CCCCCCCCCCCCCCCCCCCCCCCC(O)C(CO)NC(=O)CCCCCC/C=C\CCCCOC(=O)CCCCCCCCCCCCCC. The van der Waals surface area contributed by atoms with Crippen molar-refractivity contribution in [2.75, 3.05) is 13.2 Å². The average Bonchev–Trinajstić information content (AvgIpc) is 3.25. The van der Waals surface area contributed by atoms with Gasteiger partial charge in [0.25, 0.3) is 0 Å². The number of amides is 1. The van der Waals surface area contributed by atoms with E-state index in [1.54, 1.807) is 0 Å². The third-order valence-electron chi connectivity index (χ3n) is 12.6. The molecule has 6 nitrogen and oxygen atoms in total. The summed E-state index contributed by atoms with van der Waals surface area (Å²) in [6.07, 6.45) is 57.6. The number of allylic oxidation sites excluding steroid dienone is 2. The number of unbranched alkanes of at least 4 members (excludes halogenated alkanes) is 37. The van der Waals surface area contributed by atoms with E-state index in [0.717, 1.165) is 77.0 Å². The number of aliphatic hydroxyl groups excluding tert-OH is 2. The molecule has 0 aromatic heterocycles. The second-order valence-electron chi connectivity index (χ2n) is 18.6. The third-order valence-corrected chi connectivity index (χ3v) is 12.6. The molecule has 356 valence electrons. The maximum absolute atomic E-state index is 12.5. The van der Waals surface area contributed by atoms with Gasteiger partial charge in [-0.05, 0) is 51.4 Å². The summed E-state index contributed by atoms with van der Waals surface area (Å²) < 4.78 is 5.42. The number of ether oxygens (including phenoxy) is 1. The van der Waals surface area contributed by atoms with Gasteiger partial charge in [0.05, 0.1) is 25.4 Å². The minimum atomic E-state index is -0.685. The maximum atomic E-state index is 12.5. The van der Waals surface area contributed by atoms with Gasteiger partial charge in [0.1, 0.15) is 0 Å². The van der Waals surface area contributed by atoms with Gasteiger partial charge in [-0.15, -0.1) is 0 Å². The first kappa shape index (κ1) is 58.6. The Bertz CT molecular complexity index is 893. The van der Waals surface area contributed by atoms with E-state index in [1.807, 2.05) is 0 Å². The van der Waals surface area contributed by atoms with Crippen LogP contribution in [0.3, 0.4) is 0 Å². The van der Waals surface area contributed by atoms with Gasteiger partial charge in [0, 0.05) is 12.8 Å². The van der Waals surface area contributed by atoms with Gasteiger partial charge < -0.3 is 20.3 Å². The van der Waals surface area contributed by atoms with Crippen molar-refractivity contribution in [1.82, 2.24) is 5.32 Å². The molecular formula is C54H105NO5. The monoisotopic (exact) mass is 848 g/mol. The van der Waals surface area contributed by atoms with Gasteiger partial charge in [-0.1, -0.05) is 244 Å². The Morgan fingerprint density at radius 3 is 1.18 bits per heavy atom. The zero-order valence-electron chi connectivity index (χ0n) is 40.5. The van der Waals surface area contributed by atoms with Crippen LogP contribution < -0.4 is 5.32 Å². The topological polar surface area (TPSA) is 95.9 Å². The smallest absolute Gasteiger partial charge is 0.305 e. The minimum Gasteiger partial charge on any atom is -0.466 e. The van der Waals surface area contributed by atoms with Crippen LogP contribution in [0.2, 0.25) is 0 Å². The fraction of sp³-hybridized carbons (Fsp3) is 0.926. The number of carbonyl (C=O) groups is 2. The van der Waals surface area contributed by atoms with Crippen molar-refractivity contribution >= 4 is 11.9 Å². The van der Waals surface area contributed by atoms with Crippen LogP contribution in [0.15, 0.2) is 12.2 Å². The highest BCUT2D eigenvalue weighted by Gasteiger charge is 2.20. The summed E-state index contributed by atoms with van der Waals surface area (Å²) in [6, 6.07) is -0.566. The molecule has 0 aromatic carbocycles. The molecule has 3 N–H and O–H groups in total. The quantitative estimate of drug-likeness (QED) is 0.0322. The van der Waals surface area contributed by atoms with Crippen LogP contribution in [0, 0.1) is 0 Å². The third kappa shape index (κ3) is 46.1. The first-order valence-electron chi connectivity index (χ1n) is 26.9. The van der Waals surface area contributed by atoms with Crippen LogP contribution in [0.1, 0.15) is 296 Å². The Morgan fingerprint density at radius 2 is 0.783 bits per heavy atom. The predicted octanol–water partition coefficient (Wildman–Crippen LogP) is 16.1. The molecule has 0 saturated heterocycles. The van der Waals surface area contributed by atoms with Gasteiger partial charge >= 0.3 is 5.97 Å². The summed E-state index contributed by atoms with van der Waals surface area (Å²) >= 11 is 0. The number of nitrogens with one attached hydrogen (secondary N) is 1. The van der Waals surface area contributed by atoms with Crippen LogP contribution >= 0.6 is 0 Å². The number of aliphatic hydroxyl groups is 2. The molecule has 60 heavy (non-hydrogen) atoms. The Kier molecular flexibility index (Phi) is 49.1. The zero-order valence-corrected chi connectivity index (χ0v) is 40.5. The maximum Gasteiger partial charge on any atom is 0.305 e. The number of hydrogen-bond acceptors (Lipinski definition) is 5. The average molecular weight is 848 g/mol. The van der Waals surface area contributed by atoms with Crippen LogP contribution in [-0.4, -0.2) is 47.4 Å². The zero-order chi connectivity index (χ0) is 43.7. The fourth-order valence-electron chi connectivity index (χ4n) is 8.40. The van der Waals surface area contributed by atoms with Gasteiger partial charge in [-0.3, -0.25) is 9.59 Å². The molecule has 0 aliphatic heterocycles. The summed E-state index contributed by atoms with van der Waals surface area (Å²) in [5.74, 6) is -0.103. The van der Waals surface area contributed by atoms with E-state index in [9.17, 15) is 19.8 Å². The fourth-order valence-corrected chi connectivity index (χ4v) is 8.40.